The lowest BCUT2D eigenvalue weighted by molar-refractivity contribution is -0.121. The molecule has 0 aliphatic heterocycles. The summed E-state index contributed by atoms with van der Waals surface area (Å²) in [4.78, 5) is 11.8. The average molecular weight is 304 g/mol. The predicted molar refractivity (Wildman–Crippen MR) is 93.7 cm³/mol. The number of benzene rings is 1. The van der Waals surface area contributed by atoms with E-state index in [0.717, 1.165) is 31.6 Å². The van der Waals surface area contributed by atoms with Crippen LogP contribution in [0.3, 0.4) is 0 Å². The molecule has 2 heteroatoms. The fourth-order valence-corrected chi connectivity index (χ4v) is 2.34. The monoisotopic (exact) mass is 304 g/mol. The Morgan fingerprint density at radius 2 is 1.91 bits per heavy atom. The van der Waals surface area contributed by atoms with Crippen LogP contribution >= 0.6 is 0 Å². The van der Waals surface area contributed by atoms with Crippen molar-refractivity contribution in [1.29, 1.82) is 0 Å². The first-order valence-electron chi connectivity index (χ1n) is 8.54. The Bertz CT molecular complexity index is 481. The van der Waals surface area contributed by atoms with Crippen LogP contribution < -0.4 is 4.74 Å². The van der Waals surface area contributed by atoms with Gasteiger partial charge in [0, 0.05) is 12.3 Å². The molecule has 0 saturated carbocycles. The maximum atomic E-state index is 11.8. The van der Waals surface area contributed by atoms with Crippen LogP contribution in [0.5, 0.6) is 5.75 Å². The fraction of sp³-hybridized carbons (Fsp3) is 0.650. The second-order valence-corrected chi connectivity index (χ2v) is 7.40. The van der Waals surface area contributed by atoms with Crippen molar-refractivity contribution in [3.63, 3.8) is 0 Å². The van der Waals surface area contributed by atoms with Crippen molar-refractivity contribution in [1.82, 2.24) is 0 Å². The molecule has 22 heavy (non-hydrogen) atoms. The van der Waals surface area contributed by atoms with Crippen molar-refractivity contribution < 1.29 is 9.53 Å². The zero-order chi connectivity index (χ0) is 16.8. The van der Waals surface area contributed by atoms with E-state index < -0.39 is 0 Å². The molecule has 0 fully saturated rings. The van der Waals surface area contributed by atoms with E-state index in [4.69, 9.17) is 4.74 Å². The Kier molecular flexibility index (Phi) is 7.12. The van der Waals surface area contributed by atoms with E-state index in [1.165, 1.54) is 11.1 Å². The number of carbonyl (C=O) groups is 1. The minimum absolute atomic E-state index is 0.131. The summed E-state index contributed by atoms with van der Waals surface area (Å²) in [5.74, 6) is 1.46. The molecule has 0 aliphatic carbocycles. The van der Waals surface area contributed by atoms with E-state index in [1.54, 1.807) is 0 Å². The number of aryl methyl sites for hydroxylation is 1. The summed E-state index contributed by atoms with van der Waals surface area (Å²) in [5.41, 5.74) is 2.69. The predicted octanol–water partition coefficient (Wildman–Crippen LogP) is 5.32. The molecule has 0 radical (unpaired) electrons. The Labute approximate surface area is 136 Å². The molecule has 0 spiro atoms. The summed E-state index contributed by atoms with van der Waals surface area (Å²) in [7, 11) is 0. The van der Waals surface area contributed by atoms with Crippen LogP contribution in [0, 0.1) is 5.92 Å². The molecular weight excluding hydrogens is 272 g/mol. The van der Waals surface area contributed by atoms with Gasteiger partial charge in [-0.15, -0.1) is 0 Å². The summed E-state index contributed by atoms with van der Waals surface area (Å²) in [6, 6.07) is 6.51. The second kappa shape index (κ2) is 8.36. The summed E-state index contributed by atoms with van der Waals surface area (Å²) < 4.78 is 5.87. The third kappa shape index (κ3) is 5.82. The highest BCUT2D eigenvalue weighted by molar-refractivity contribution is 5.80. The SMILES string of the molecule is CCCOc1ccc(C(C)(C)C)cc1CCCC(=O)C(C)C. The van der Waals surface area contributed by atoms with Gasteiger partial charge in [-0.3, -0.25) is 4.79 Å². The Morgan fingerprint density at radius 3 is 2.45 bits per heavy atom. The highest BCUT2D eigenvalue weighted by Crippen LogP contribution is 2.29. The number of hydrogen-bond acceptors (Lipinski definition) is 2. The molecule has 2 nitrogen and oxygen atoms in total. The van der Waals surface area contributed by atoms with Gasteiger partial charge in [0.1, 0.15) is 11.5 Å². The first kappa shape index (κ1) is 18.7. The van der Waals surface area contributed by atoms with Gasteiger partial charge in [-0.05, 0) is 41.9 Å². The van der Waals surface area contributed by atoms with E-state index in [-0.39, 0.29) is 11.3 Å². The van der Waals surface area contributed by atoms with Crippen LogP contribution in [0.25, 0.3) is 0 Å². The number of ether oxygens (including phenoxy) is 1. The maximum absolute atomic E-state index is 11.8. The van der Waals surface area contributed by atoms with Gasteiger partial charge in [-0.1, -0.05) is 53.7 Å². The first-order chi connectivity index (χ1) is 10.3. The Morgan fingerprint density at radius 1 is 1.23 bits per heavy atom. The van der Waals surface area contributed by atoms with Gasteiger partial charge < -0.3 is 4.74 Å². The van der Waals surface area contributed by atoms with Crippen LogP contribution in [0.15, 0.2) is 18.2 Å². The smallest absolute Gasteiger partial charge is 0.135 e. The van der Waals surface area contributed by atoms with Gasteiger partial charge >= 0.3 is 0 Å². The molecule has 0 saturated heterocycles. The fourth-order valence-electron chi connectivity index (χ4n) is 2.34. The van der Waals surface area contributed by atoms with Crippen molar-refractivity contribution in [3.05, 3.63) is 29.3 Å². The molecule has 0 unspecified atom stereocenters. The van der Waals surface area contributed by atoms with Crippen molar-refractivity contribution in [2.24, 2.45) is 5.92 Å². The standard InChI is InChI=1S/C20H32O2/c1-7-13-22-19-12-11-17(20(4,5)6)14-16(19)9-8-10-18(21)15(2)3/h11-12,14-15H,7-10,13H2,1-6H3. The van der Waals surface area contributed by atoms with Crippen molar-refractivity contribution >= 4 is 5.78 Å². The molecule has 1 aromatic carbocycles. The zero-order valence-corrected chi connectivity index (χ0v) is 15.2. The number of rotatable bonds is 8. The van der Waals surface area contributed by atoms with Gasteiger partial charge in [0.15, 0.2) is 0 Å². The van der Waals surface area contributed by atoms with Gasteiger partial charge in [0.2, 0.25) is 0 Å². The minimum Gasteiger partial charge on any atom is -0.493 e. The van der Waals surface area contributed by atoms with Crippen LogP contribution in [-0.2, 0) is 16.6 Å². The van der Waals surface area contributed by atoms with Crippen molar-refractivity contribution in [3.8, 4) is 5.75 Å². The van der Waals surface area contributed by atoms with Gasteiger partial charge in [-0.2, -0.15) is 0 Å². The molecule has 0 N–H and O–H groups in total. The molecule has 0 heterocycles. The van der Waals surface area contributed by atoms with Crippen molar-refractivity contribution in [2.75, 3.05) is 6.61 Å². The normalized spacial score (nSPS) is 11.8. The summed E-state index contributed by atoms with van der Waals surface area (Å²) >= 11 is 0. The minimum atomic E-state index is 0.131. The summed E-state index contributed by atoms with van der Waals surface area (Å²) in [5, 5.41) is 0. The van der Waals surface area contributed by atoms with E-state index in [2.05, 4.69) is 45.9 Å². The van der Waals surface area contributed by atoms with Gasteiger partial charge in [0.25, 0.3) is 0 Å². The highest BCUT2D eigenvalue weighted by atomic mass is 16.5. The topological polar surface area (TPSA) is 26.3 Å². The summed E-state index contributed by atoms with van der Waals surface area (Å²) in [6.07, 6.45) is 3.46. The second-order valence-electron chi connectivity index (χ2n) is 7.40. The molecule has 0 atom stereocenters. The van der Waals surface area contributed by atoms with Crippen molar-refractivity contribution in [2.45, 2.75) is 72.6 Å². The van der Waals surface area contributed by atoms with E-state index >= 15 is 0 Å². The maximum Gasteiger partial charge on any atom is 0.135 e. The third-order valence-corrected chi connectivity index (χ3v) is 3.90. The lowest BCUT2D eigenvalue weighted by Crippen LogP contribution is -2.12. The first-order valence-corrected chi connectivity index (χ1v) is 8.54. The third-order valence-electron chi connectivity index (χ3n) is 3.90. The number of carbonyl (C=O) groups excluding carboxylic acids is 1. The quantitative estimate of drug-likeness (QED) is 0.649. The van der Waals surface area contributed by atoms with Gasteiger partial charge in [0.05, 0.1) is 6.61 Å². The lowest BCUT2D eigenvalue weighted by atomic mass is 9.85. The van der Waals surface area contributed by atoms with E-state index in [0.29, 0.717) is 12.2 Å². The van der Waals surface area contributed by atoms with Gasteiger partial charge in [-0.25, -0.2) is 0 Å². The van der Waals surface area contributed by atoms with Crippen LogP contribution in [0.1, 0.15) is 71.9 Å². The summed E-state index contributed by atoms with van der Waals surface area (Å²) in [6.45, 7) is 13.5. The zero-order valence-electron chi connectivity index (χ0n) is 15.2. The molecule has 1 rings (SSSR count). The number of hydrogen-bond donors (Lipinski definition) is 0. The molecule has 124 valence electrons. The molecule has 1 aromatic rings. The van der Waals surface area contributed by atoms with Crippen LogP contribution in [0.4, 0.5) is 0 Å². The molecule has 0 aliphatic rings. The average Bonchev–Trinajstić information content (AvgIpc) is 2.44. The lowest BCUT2D eigenvalue weighted by Gasteiger charge is -2.21. The Balaban J connectivity index is 2.84. The number of Topliss-reactive ketones (excluding diaryl/α,β-unsaturated/α-hetero) is 1. The highest BCUT2D eigenvalue weighted by Gasteiger charge is 2.16. The van der Waals surface area contributed by atoms with E-state index in [9.17, 15) is 4.79 Å². The number of ketones is 1. The Hall–Kier alpha value is -1.31. The van der Waals surface area contributed by atoms with Crippen LogP contribution in [0.2, 0.25) is 0 Å². The molecular formula is C20H32O2. The largest absolute Gasteiger partial charge is 0.493 e. The molecule has 0 bridgehead atoms. The van der Waals surface area contributed by atoms with E-state index in [1.807, 2.05) is 13.8 Å². The molecule has 0 amide bonds. The molecule has 0 aromatic heterocycles. The van der Waals surface area contributed by atoms with Crippen LogP contribution in [-0.4, -0.2) is 12.4 Å².